The summed E-state index contributed by atoms with van der Waals surface area (Å²) in [5.74, 6) is -2.69. The topological polar surface area (TPSA) is 75.4 Å². The molecule has 1 aromatic carbocycles. The van der Waals surface area contributed by atoms with E-state index >= 15 is 0 Å². The maximum absolute atomic E-state index is 13.8. The van der Waals surface area contributed by atoms with Crippen molar-refractivity contribution in [2.24, 2.45) is 0 Å². The van der Waals surface area contributed by atoms with Gasteiger partial charge >= 0.3 is 5.97 Å². The lowest BCUT2D eigenvalue weighted by molar-refractivity contribution is 0.0695. The number of carboxylic acids is 1. The fourth-order valence-electron chi connectivity index (χ4n) is 2.31. The number of aromatic carboxylic acids is 1. The maximum Gasteiger partial charge on any atom is 0.335 e. The van der Waals surface area contributed by atoms with Crippen LogP contribution in [0.2, 0.25) is 0 Å². The van der Waals surface area contributed by atoms with Gasteiger partial charge in [-0.15, -0.1) is 0 Å². The minimum Gasteiger partial charge on any atom is -0.478 e. The van der Waals surface area contributed by atoms with Gasteiger partial charge in [0.25, 0.3) is 0 Å². The van der Waals surface area contributed by atoms with Crippen LogP contribution in [0.25, 0.3) is 0 Å². The van der Waals surface area contributed by atoms with Crippen molar-refractivity contribution in [2.75, 3.05) is 0 Å². The Hall–Kier alpha value is -2.28. The molecule has 0 spiro atoms. The molecular weight excluding hydrogens is 294 g/mol. The van der Waals surface area contributed by atoms with Gasteiger partial charge in [0.2, 0.25) is 0 Å². The molecule has 0 amide bonds. The van der Waals surface area contributed by atoms with E-state index in [4.69, 9.17) is 9.63 Å². The first-order valence-electron chi connectivity index (χ1n) is 6.91. The number of carbonyl (C=O) groups is 1. The van der Waals surface area contributed by atoms with Crippen molar-refractivity contribution < 1.29 is 23.2 Å². The number of rotatable bonds is 6. The Morgan fingerprint density at radius 3 is 2.59 bits per heavy atom. The number of hydrogen-bond donors (Lipinski definition) is 2. The van der Waals surface area contributed by atoms with Gasteiger partial charge in [0.1, 0.15) is 17.9 Å². The van der Waals surface area contributed by atoms with Crippen molar-refractivity contribution in [3.63, 3.8) is 0 Å². The molecule has 0 saturated heterocycles. The van der Waals surface area contributed by atoms with Crippen molar-refractivity contribution in [2.45, 2.75) is 31.8 Å². The Morgan fingerprint density at radius 2 is 2.00 bits per heavy atom. The van der Waals surface area contributed by atoms with E-state index < -0.39 is 23.2 Å². The van der Waals surface area contributed by atoms with Gasteiger partial charge in [0.05, 0.1) is 11.3 Å². The Balaban J connectivity index is 1.66. The summed E-state index contributed by atoms with van der Waals surface area (Å²) in [7, 11) is 0. The van der Waals surface area contributed by atoms with E-state index in [2.05, 4.69) is 10.5 Å². The monoisotopic (exact) mass is 308 g/mol. The molecular formula is C15H14F2N2O3. The predicted octanol–water partition coefficient (Wildman–Crippen LogP) is 2.82. The molecule has 0 unspecified atom stereocenters. The number of halogens is 2. The minimum atomic E-state index is -1.36. The average Bonchev–Trinajstić information content (AvgIpc) is 3.21. The van der Waals surface area contributed by atoms with Crippen LogP contribution in [-0.4, -0.2) is 16.2 Å². The van der Waals surface area contributed by atoms with E-state index in [1.807, 2.05) is 0 Å². The van der Waals surface area contributed by atoms with Crippen LogP contribution < -0.4 is 5.32 Å². The smallest absolute Gasteiger partial charge is 0.335 e. The molecule has 0 radical (unpaired) electrons. The molecule has 0 atom stereocenters. The zero-order chi connectivity index (χ0) is 15.7. The van der Waals surface area contributed by atoms with Gasteiger partial charge in [-0.3, -0.25) is 0 Å². The molecule has 0 aliphatic heterocycles. The van der Waals surface area contributed by atoms with Crippen molar-refractivity contribution >= 4 is 5.97 Å². The van der Waals surface area contributed by atoms with E-state index in [1.54, 1.807) is 0 Å². The third kappa shape index (κ3) is 2.99. The van der Waals surface area contributed by atoms with E-state index in [0.717, 1.165) is 36.2 Å². The molecule has 1 aliphatic carbocycles. The molecule has 0 bridgehead atoms. The predicted molar refractivity (Wildman–Crippen MR) is 72.3 cm³/mol. The van der Waals surface area contributed by atoms with Gasteiger partial charge < -0.3 is 14.9 Å². The van der Waals surface area contributed by atoms with Gasteiger partial charge in [-0.2, -0.15) is 0 Å². The number of carboxylic acid groups (broad SMARTS) is 1. The molecule has 2 N–H and O–H groups in total. The summed E-state index contributed by atoms with van der Waals surface area (Å²) in [4.78, 5) is 10.7. The first kappa shape index (κ1) is 14.6. The summed E-state index contributed by atoms with van der Waals surface area (Å²) in [6.45, 7) is 0.335. The van der Waals surface area contributed by atoms with Gasteiger partial charge in [-0.1, -0.05) is 5.16 Å². The van der Waals surface area contributed by atoms with Crippen molar-refractivity contribution in [1.82, 2.24) is 10.5 Å². The van der Waals surface area contributed by atoms with Crippen molar-refractivity contribution in [3.05, 3.63) is 52.4 Å². The van der Waals surface area contributed by atoms with Gasteiger partial charge in [-0.05, 0) is 25.0 Å². The van der Waals surface area contributed by atoms with Crippen LogP contribution in [0, 0.1) is 11.6 Å². The summed E-state index contributed by atoms with van der Waals surface area (Å²) in [6, 6.07) is 1.63. The summed E-state index contributed by atoms with van der Waals surface area (Å²) >= 11 is 0. The highest BCUT2D eigenvalue weighted by Gasteiger charge is 2.29. The van der Waals surface area contributed by atoms with Crippen LogP contribution in [-0.2, 0) is 13.1 Å². The van der Waals surface area contributed by atoms with Gasteiger partial charge in [-0.25, -0.2) is 13.6 Å². The zero-order valence-electron chi connectivity index (χ0n) is 11.6. The maximum atomic E-state index is 13.8. The van der Waals surface area contributed by atoms with Gasteiger partial charge in [0, 0.05) is 30.1 Å². The van der Waals surface area contributed by atoms with Crippen LogP contribution in [0.5, 0.6) is 0 Å². The van der Waals surface area contributed by atoms with Crippen LogP contribution in [0.3, 0.4) is 0 Å². The number of benzene rings is 1. The standard InChI is InChI=1S/C15H14F2N2O3/c16-12-3-9(15(20)21)4-13(17)11(12)6-18-5-10-7-22-19-14(10)8-1-2-8/h3-4,7-8,18H,1-2,5-6H2,(H,20,21). The summed E-state index contributed by atoms with van der Waals surface area (Å²) < 4.78 is 32.5. The fourth-order valence-corrected chi connectivity index (χ4v) is 2.31. The first-order valence-corrected chi connectivity index (χ1v) is 6.91. The van der Waals surface area contributed by atoms with Crippen LogP contribution in [0.1, 0.15) is 45.9 Å². The Labute approximate surface area is 124 Å². The average molecular weight is 308 g/mol. The third-order valence-corrected chi connectivity index (χ3v) is 3.64. The molecule has 1 fully saturated rings. The summed E-state index contributed by atoms with van der Waals surface area (Å²) in [6.07, 6.45) is 3.69. The largest absolute Gasteiger partial charge is 0.478 e. The lowest BCUT2D eigenvalue weighted by atomic mass is 10.1. The molecule has 1 saturated carbocycles. The molecule has 5 nitrogen and oxygen atoms in total. The van der Waals surface area contributed by atoms with E-state index in [9.17, 15) is 13.6 Å². The Kier molecular flexibility index (Phi) is 3.89. The Bertz CT molecular complexity index is 688. The fraction of sp³-hybridized carbons (Fsp3) is 0.333. The highest BCUT2D eigenvalue weighted by Crippen LogP contribution is 2.40. The van der Waals surface area contributed by atoms with Crippen LogP contribution in [0.15, 0.2) is 22.9 Å². The molecule has 116 valence electrons. The molecule has 3 rings (SSSR count). The highest BCUT2D eigenvalue weighted by atomic mass is 19.1. The SMILES string of the molecule is O=C(O)c1cc(F)c(CNCc2conc2C2CC2)c(F)c1. The lowest BCUT2D eigenvalue weighted by Gasteiger charge is -2.08. The summed E-state index contributed by atoms with van der Waals surface area (Å²) in [5, 5.41) is 15.6. The second-order valence-electron chi connectivity index (χ2n) is 5.33. The Morgan fingerprint density at radius 1 is 1.32 bits per heavy atom. The zero-order valence-corrected chi connectivity index (χ0v) is 11.6. The van der Waals surface area contributed by atoms with E-state index in [1.165, 1.54) is 6.26 Å². The van der Waals surface area contributed by atoms with Crippen LogP contribution >= 0.6 is 0 Å². The molecule has 7 heteroatoms. The number of nitrogens with zero attached hydrogens (tertiary/aromatic N) is 1. The minimum absolute atomic E-state index is 0.0488. The molecule has 1 aromatic heterocycles. The number of aromatic nitrogens is 1. The molecule has 1 aliphatic rings. The van der Waals surface area contributed by atoms with Crippen molar-refractivity contribution in [3.8, 4) is 0 Å². The second kappa shape index (κ2) is 5.84. The highest BCUT2D eigenvalue weighted by molar-refractivity contribution is 5.87. The van der Waals surface area contributed by atoms with Crippen LogP contribution in [0.4, 0.5) is 8.78 Å². The van der Waals surface area contributed by atoms with Gasteiger partial charge in [0.15, 0.2) is 0 Å². The van der Waals surface area contributed by atoms with E-state index in [0.29, 0.717) is 12.5 Å². The number of nitrogens with one attached hydrogen (secondary N) is 1. The molecule has 1 heterocycles. The number of hydrogen-bond acceptors (Lipinski definition) is 4. The first-order chi connectivity index (χ1) is 10.6. The summed E-state index contributed by atoms with van der Waals surface area (Å²) in [5.41, 5.74) is 1.18. The normalized spacial score (nSPS) is 14.3. The van der Waals surface area contributed by atoms with Crippen molar-refractivity contribution in [1.29, 1.82) is 0 Å². The molecule has 2 aromatic rings. The van der Waals surface area contributed by atoms with E-state index in [-0.39, 0.29) is 12.1 Å². The third-order valence-electron chi connectivity index (χ3n) is 3.64. The second-order valence-corrected chi connectivity index (χ2v) is 5.33. The lowest BCUT2D eigenvalue weighted by Crippen LogP contribution is -2.16. The molecule has 22 heavy (non-hydrogen) atoms. The quantitative estimate of drug-likeness (QED) is 0.858.